The minimum Gasteiger partial charge on any atom is -0.480 e. The number of fused-ring (bicyclic) bond motifs is 3. The second-order valence-corrected chi connectivity index (χ2v) is 7.70. The molecule has 0 saturated heterocycles. The van der Waals surface area contributed by atoms with E-state index >= 15 is 0 Å². The quantitative estimate of drug-likeness (QED) is 0.561. The van der Waals surface area contributed by atoms with E-state index in [1.54, 1.807) is 6.92 Å². The maximum Gasteiger partial charge on any atom is 0.339 e. The van der Waals surface area contributed by atoms with Crippen LogP contribution < -0.4 is 20.6 Å². The lowest BCUT2D eigenvalue weighted by Crippen LogP contribution is -3.05. The van der Waals surface area contributed by atoms with Gasteiger partial charge < -0.3 is 19.4 Å². The number of carbonyl (C=O) groups is 1. The van der Waals surface area contributed by atoms with Gasteiger partial charge >= 0.3 is 5.63 Å². The van der Waals surface area contributed by atoms with Crippen LogP contribution in [0.25, 0.3) is 11.0 Å². The molecule has 6 nitrogen and oxygen atoms in total. The summed E-state index contributed by atoms with van der Waals surface area (Å²) in [5.41, 5.74) is 2.98. The van der Waals surface area contributed by atoms with Crippen molar-refractivity contribution in [3.63, 3.8) is 0 Å². The second kappa shape index (κ2) is 8.13. The Labute approximate surface area is 159 Å². The molecule has 1 aromatic heterocycles. The van der Waals surface area contributed by atoms with Gasteiger partial charge in [0, 0.05) is 18.5 Å². The Morgan fingerprint density at radius 3 is 2.78 bits per heavy atom. The standard InChI is InChI=1S/C21H28N2O4/c1-13-11-17(26-14(2)20(24)22-9-6-10-23(3)4)19-15-7-5-8-16(15)21(25)27-18(19)12-13/h11-12,14H,5-10H2,1-4H3,(H,22,24)/p+1/t14-/m0/s1. The van der Waals surface area contributed by atoms with Gasteiger partial charge in [0.2, 0.25) is 0 Å². The number of aryl methyl sites for hydroxylation is 2. The van der Waals surface area contributed by atoms with Crippen LogP contribution in [-0.2, 0) is 17.6 Å². The summed E-state index contributed by atoms with van der Waals surface area (Å²) in [5.74, 6) is 0.486. The van der Waals surface area contributed by atoms with E-state index in [-0.39, 0.29) is 11.5 Å². The van der Waals surface area contributed by atoms with Crippen LogP contribution in [0.15, 0.2) is 21.3 Å². The molecule has 0 radical (unpaired) electrons. The highest BCUT2D eigenvalue weighted by Crippen LogP contribution is 2.35. The lowest BCUT2D eigenvalue weighted by atomic mass is 10.0. The van der Waals surface area contributed by atoms with Crippen molar-refractivity contribution in [1.29, 1.82) is 0 Å². The van der Waals surface area contributed by atoms with Gasteiger partial charge in [0.1, 0.15) is 11.3 Å². The SMILES string of the molecule is Cc1cc(O[C@@H](C)C(=O)NCCC[NH+](C)C)c2c3c(c(=O)oc2c1)CCC3. The molecule has 0 fully saturated rings. The van der Waals surface area contributed by atoms with E-state index < -0.39 is 6.10 Å². The fourth-order valence-corrected chi connectivity index (χ4v) is 3.64. The average molecular weight is 373 g/mol. The predicted molar refractivity (Wildman–Crippen MR) is 105 cm³/mol. The second-order valence-electron chi connectivity index (χ2n) is 7.70. The van der Waals surface area contributed by atoms with E-state index in [0.717, 1.165) is 54.3 Å². The van der Waals surface area contributed by atoms with E-state index in [0.29, 0.717) is 17.9 Å². The van der Waals surface area contributed by atoms with E-state index in [2.05, 4.69) is 19.4 Å². The highest BCUT2D eigenvalue weighted by Gasteiger charge is 2.24. The van der Waals surface area contributed by atoms with Gasteiger partial charge in [-0.05, 0) is 56.4 Å². The Morgan fingerprint density at radius 2 is 2.04 bits per heavy atom. The van der Waals surface area contributed by atoms with Crippen molar-refractivity contribution in [3.8, 4) is 5.75 Å². The number of ether oxygens (including phenoxy) is 1. The molecule has 146 valence electrons. The summed E-state index contributed by atoms with van der Waals surface area (Å²) in [6.45, 7) is 5.31. The molecule has 0 saturated carbocycles. The van der Waals surface area contributed by atoms with Gasteiger partial charge in [-0.1, -0.05) is 0 Å². The fraction of sp³-hybridized carbons (Fsp3) is 0.524. The zero-order valence-corrected chi connectivity index (χ0v) is 16.6. The summed E-state index contributed by atoms with van der Waals surface area (Å²) >= 11 is 0. The number of carbonyl (C=O) groups excluding carboxylic acids is 1. The van der Waals surface area contributed by atoms with Crippen LogP contribution in [0.3, 0.4) is 0 Å². The van der Waals surface area contributed by atoms with Crippen LogP contribution in [0.2, 0.25) is 0 Å². The van der Waals surface area contributed by atoms with Crippen LogP contribution in [0.4, 0.5) is 0 Å². The number of nitrogens with one attached hydrogen (secondary N) is 2. The lowest BCUT2D eigenvalue weighted by molar-refractivity contribution is -0.858. The Morgan fingerprint density at radius 1 is 1.30 bits per heavy atom. The highest BCUT2D eigenvalue weighted by atomic mass is 16.5. The molecule has 1 heterocycles. The molecular formula is C21H29N2O4+. The molecule has 3 rings (SSSR count). The van der Waals surface area contributed by atoms with Crippen LogP contribution >= 0.6 is 0 Å². The highest BCUT2D eigenvalue weighted by molar-refractivity contribution is 5.89. The number of benzene rings is 1. The van der Waals surface area contributed by atoms with Crippen molar-refractivity contribution in [3.05, 3.63) is 39.2 Å². The minimum absolute atomic E-state index is 0.132. The molecule has 2 aromatic rings. The third-order valence-corrected chi connectivity index (χ3v) is 5.00. The lowest BCUT2D eigenvalue weighted by Gasteiger charge is -2.18. The summed E-state index contributed by atoms with van der Waals surface area (Å²) in [5, 5.41) is 3.77. The smallest absolute Gasteiger partial charge is 0.339 e. The Hall–Kier alpha value is -2.34. The molecule has 1 aliphatic carbocycles. The molecule has 1 amide bonds. The van der Waals surface area contributed by atoms with Gasteiger partial charge in [-0.25, -0.2) is 4.79 Å². The van der Waals surface area contributed by atoms with Gasteiger partial charge in [-0.2, -0.15) is 0 Å². The normalized spacial score (nSPS) is 14.4. The van der Waals surface area contributed by atoms with Gasteiger partial charge in [-0.3, -0.25) is 4.79 Å². The Kier molecular flexibility index (Phi) is 5.85. The van der Waals surface area contributed by atoms with E-state index in [4.69, 9.17) is 9.15 Å². The first-order valence-electron chi connectivity index (χ1n) is 9.69. The molecule has 1 atom stereocenters. The monoisotopic (exact) mass is 373 g/mol. The Bertz CT molecular complexity index is 901. The average Bonchev–Trinajstić information content (AvgIpc) is 3.08. The molecule has 0 aliphatic heterocycles. The third-order valence-electron chi connectivity index (χ3n) is 5.00. The van der Waals surface area contributed by atoms with Crippen molar-refractivity contribution in [1.82, 2.24) is 5.32 Å². The summed E-state index contributed by atoms with van der Waals surface area (Å²) in [6, 6.07) is 3.77. The summed E-state index contributed by atoms with van der Waals surface area (Å²) < 4.78 is 11.6. The molecule has 2 N–H and O–H groups in total. The van der Waals surface area contributed by atoms with Gasteiger partial charge in [0.15, 0.2) is 6.10 Å². The first-order chi connectivity index (χ1) is 12.9. The van der Waals surface area contributed by atoms with E-state index in [1.807, 2.05) is 19.1 Å². The maximum absolute atomic E-state index is 12.4. The molecular weight excluding hydrogens is 344 g/mol. The number of hydrogen-bond donors (Lipinski definition) is 2. The third kappa shape index (κ3) is 4.33. The summed E-state index contributed by atoms with van der Waals surface area (Å²) in [4.78, 5) is 25.9. The zero-order valence-electron chi connectivity index (χ0n) is 16.6. The largest absolute Gasteiger partial charge is 0.480 e. The summed E-state index contributed by atoms with van der Waals surface area (Å²) in [7, 11) is 4.18. The first-order valence-corrected chi connectivity index (χ1v) is 9.69. The van der Waals surface area contributed by atoms with Crippen LogP contribution in [-0.4, -0.2) is 39.2 Å². The fourth-order valence-electron chi connectivity index (χ4n) is 3.64. The molecule has 0 unspecified atom stereocenters. The van der Waals surface area contributed by atoms with Crippen LogP contribution in [0.5, 0.6) is 5.75 Å². The summed E-state index contributed by atoms with van der Waals surface area (Å²) in [6.07, 6.45) is 2.82. The topological polar surface area (TPSA) is 73.0 Å². The molecule has 1 aliphatic rings. The van der Waals surface area contributed by atoms with E-state index in [1.165, 1.54) is 4.90 Å². The van der Waals surface area contributed by atoms with Crippen molar-refractivity contribution in [2.45, 2.75) is 45.6 Å². The van der Waals surface area contributed by atoms with E-state index in [9.17, 15) is 9.59 Å². The number of hydrogen-bond acceptors (Lipinski definition) is 4. The molecule has 0 bridgehead atoms. The molecule has 0 spiro atoms. The van der Waals surface area contributed by atoms with Crippen molar-refractivity contribution >= 4 is 16.9 Å². The minimum atomic E-state index is -0.620. The number of amides is 1. The molecule has 1 aromatic carbocycles. The maximum atomic E-state index is 12.4. The van der Waals surface area contributed by atoms with Crippen LogP contribution in [0, 0.1) is 6.92 Å². The molecule has 27 heavy (non-hydrogen) atoms. The van der Waals surface area contributed by atoms with Crippen molar-refractivity contribution in [2.24, 2.45) is 0 Å². The molecule has 6 heteroatoms. The van der Waals surface area contributed by atoms with Crippen molar-refractivity contribution in [2.75, 3.05) is 27.2 Å². The van der Waals surface area contributed by atoms with Gasteiger partial charge in [-0.15, -0.1) is 0 Å². The Balaban J connectivity index is 1.81. The van der Waals surface area contributed by atoms with Gasteiger partial charge in [0.05, 0.1) is 26.0 Å². The number of quaternary nitrogens is 1. The zero-order chi connectivity index (χ0) is 19.6. The van der Waals surface area contributed by atoms with Crippen molar-refractivity contribution < 1.29 is 18.8 Å². The van der Waals surface area contributed by atoms with Gasteiger partial charge in [0.25, 0.3) is 5.91 Å². The number of rotatable bonds is 7. The first kappa shape index (κ1) is 19.4. The predicted octanol–water partition coefficient (Wildman–Crippen LogP) is 1.01. The van der Waals surface area contributed by atoms with Crippen LogP contribution in [0.1, 0.15) is 36.5 Å².